The molecule has 90 valence electrons. The maximum Gasteiger partial charge on any atom is 0.326 e. The van der Waals surface area contributed by atoms with Crippen molar-refractivity contribution >= 4 is 11.9 Å². The minimum absolute atomic E-state index is 0.245. The number of aliphatic carboxylic acids is 1. The van der Waals surface area contributed by atoms with Crippen molar-refractivity contribution in [1.29, 1.82) is 0 Å². The first-order valence-corrected chi connectivity index (χ1v) is 5.64. The zero-order valence-electron chi connectivity index (χ0n) is 9.37. The van der Waals surface area contributed by atoms with Gasteiger partial charge in [-0.25, -0.2) is 4.79 Å². The third-order valence-corrected chi connectivity index (χ3v) is 2.96. The molecule has 0 spiro atoms. The maximum atomic E-state index is 12.1. The van der Waals surface area contributed by atoms with Crippen molar-refractivity contribution in [1.82, 2.24) is 9.88 Å². The number of likely N-dealkylation sites (tertiary alicyclic amines) is 1. The number of hydrogen-bond acceptors (Lipinski definition) is 3. The normalized spacial score (nSPS) is 20.0. The van der Waals surface area contributed by atoms with Crippen LogP contribution in [0.2, 0.25) is 0 Å². The Labute approximate surface area is 99.1 Å². The van der Waals surface area contributed by atoms with E-state index < -0.39 is 12.0 Å². The molecule has 2 rings (SSSR count). The van der Waals surface area contributed by atoms with Crippen LogP contribution < -0.4 is 0 Å². The summed E-state index contributed by atoms with van der Waals surface area (Å²) < 4.78 is 0. The SMILES string of the molecule is O=C(O)[C@H]1CCCCN1C(=O)c1cccnc1. The van der Waals surface area contributed by atoms with Crippen LogP contribution in [0, 0.1) is 0 Å². The average Bonchev–Trinajstić information content (AvgIpc) is 2.39. The molecule has 1 aliphatic heterocycles. The smallest absolute Gasteiger partial charge is 0.326 e. The molecule has 1 amide bonds. The second-order valence-electron chi connectivity index (χ2n) is 4.09. The zero-order chi connectivity index (χ0) is 12.3. The summed E-state index contributed by atoms with van der Waals surface area (Å²) in [5.41, 5.74) is 0.445. The van der Waals surface area contributed by atoms with Crippen LogP contribution in [0.5, 0.6) is 0 Å². The van der Waals surface area contributed by atoms with Gasteiger partial charge in [0.05, 0.1) is 5.56 Å². The van der Waals surface area contributed by atoms with Crippen molar-refractivity contribution in [3.05, 3.63) is 30.1 Å². The van der Waals surface area contributed by atoms with Crippen LogP contribution in [0.25, 0.3) is 0 Å². The molecule has 0 bridgehead atoms. The van der Waals surface area contributed by atoms with E-state index in [2.05, 4.69) is 4.98 Å². The number of hydrogen-bond donors (Lipinski definition) is 1. The largest absolute Gasteiger partial charge is 0.480 e. The Morgan fingerprint density at radius 1 is 1.41 bits per heavy atom. The molecule has 1 fully saturated rings. The van der Waals surface area contributed by atoms with Gasteiger partial charge in [-0.1, -0.05) is 0 Å². The van der Waals surface area contributed by atoms with Gasteiger partial charge < -0.3 is 10.0 Å². The van der Waals surface area contributed by atoms with E-state index in [0.29, 0.717) is 18.5 Å². The van der Waals surface area contributed by atoms with E-state index >= 15 is 0 Å². The van der Waals surface area contributed by atoms with Gasteiger partial charge in [0.25, 0.3) is 5.91 Å². The van der Waals surface area contributed by atoms with E-state index in [1.165, 1.54) is 11.1 Å². The minimum Gasteiger partial charge on any atom is -0.480 e. The number of carboxylic acids is 1. The molecule has 1 saturated heterocycles. The number of nitrogens with zero attached hydrogens (tertiary/aromatic N) is 2. The van der Waals surface area contributed by atoms with E-state index in [-0.39, 0.29) is 5.91 Å². The van der Waals surface area contributed by atoms with Crippen molar-refractivity contribution in [2.24, 2.45) is 0 Å². The Morgan fingerprint density at radius 2 is 2.24 bits per heavy atom. The number of pyridine rings is 1. The lowest BCUT2D eigenvalue weighted by Crippen LogP contribution is -2.48. The van der Waals surface area contributed by atoms with Gasteiger partial charge in [0, 0.05) is 18.9 Å². The van der Waals surface area contributed by atoms with Crippen LogP contribution in [0.1, 0.15) is 29.6 Å². The number of amides is 1. The number of carbonyl (C=O) groups excluding carboxylic acids is 1. The van der Waals surface area contributed by atoms with Crippen LogP contribution in [0.3, 0.4) is 0 Å². The molecule has 2 heterocycles. The molecule has 1 N–H and O–H groups in total. The standard InChI is InChI=1S/C12H14N2O3/c15-11(9-4-3-6-13-8-9)14-7-2-1-5-10(14)12(16)17/h3-4,6,8,10H,1-2,5,7H2,(H,16,17)/t10-/m1/s1. The number of piperidine rings is 1. The third kappa shape index (κ3) is 2.43. The summed E-state index contributed by atoms with van der Waals surface area (Å²) in [6.45, 7) is 0.505. The van der Waals surface area contributed by atoms with Crippen LogP contribution in [0.15, 0.2) is 24.5 Å². The number of carbonyl (C=O) groups is 2. The summed E-state index contributed by atoms with van der Waals surface area (Å²) in [4.78, 5) is 28.5. The van der Waals surface area contributed by atoms with Crippen LogP contribution in [-0.4, -0.2) is 39.5 Å². The Kier molecular flexibility index (Phi) is 3.37. The maximum absolute atomic E-state index is 12.1. The number of rotatable bonds is 2. The van der Waals surface area contributed by atoms with Gasteiger partial charge in [0.2, 0.25) is 0 Å². The van der Waals surface area contributed by atoms with Gasteiger partial charge >= 0.3 is 5.97 Å². The molecule has 0 aliphatic carbocycles. The lowest BCUT2D eigenvalue weighted by atomic mass is 10.0. The first-order valence-electron chi connectivity index (χ1n) is 5.64. The molecule has 5 nitrogen and oxygen atoms in total. The van der Waals surface area contributed by atoms with E-state index in [0.717, 1.165) is 12.8 Å². The summed E-state index contributed by atoms with van der Waals surface area (Å²) in [6.07, 6.45) is 5.29. The Hall–Kier alpha value is -1.91. The molecular weight excluding hydrogens is 220 g/mol. The molecule has 5 heteroatoms. The zero-order valence-corrected chi connectivity index (χ0v) is 9.37. The monoisotopic (exact) mass is 234 g/mol. The molecule has 1 aliphatic rings. The van der Waals surface area contributed by atoms with Gasteiger partial charge in [-0.05, 0) is 31.4 Å². The third-order valence-electron chi connectivity index (χ3n) is 2.96. The summed E-state index contributed by atoms with van der Waals surface area (Å²) >= 11 is 0. The molecule has 17 heavy (non-hydrogen) atoms. The van der Waals surface area contributed by atoms with E-state index in [4.69, 9.17) is 5.11 Å². The second kappa shape index (κ2) is 4.95. The van der Waals surface area contributed by atoms with Gasteiger partial charge in [0.15, 0.2) is 0 Å². The predicted molar refractivity (Wildman–Crippen MR) is 60.5 cm³/mol. The fourth-order valence-electron chi connectivity index (χ4n) is 2.09. The van der Waals surface area contributed by atoms with E-state index in [1.54, 1.807) is 18.3 Å². The van der Waals surface area contributed by atoms with Gasteiger partial charge in [-0.15, -0.1) is 0 Å². The molecule has 1 aromatic rings. The highest BCUT2D eigenvalue weighted by molar-refractivity contribution is 5.96. The van der Waals surface area contributed by atoms with E-state index in [1.807, 2.05) is 0 Å². The van der Waals surface area contributed by atoms with Crippen LogP contribution >= 0.6 is 0 Å². The predicted octanol–water partition coefficient (Wildman–Crippen LogP) is 1.16. The molecule has 1 aromatic heterocycles. The van der Waals surface area contributed by atoms with Gasteiger partial charge in [0.1, 0.15) is 6.04 Å². The molecule has 0 unspecified atom stereocenters. The molecular formula is C12H14N2O3. The highest BCUT2D eigenvalue weighted by Gasteiger charge is 2.32. The lowest BCUT2D eigenvalue weighted by molar-refractivity contribution is -0.143. The van der Waals surface area contributed by atoms with Gasteiger partial charge in [-0.3, -0.25) is 9.78 Å². The Bertz CT molecular complexity index is 419. The second-order valence-corrected chi connectivity index (χ2v) is 4.09. The summed E-state index contributed by atoms with van der Waals surface area (Å²) in [6, 6.07) is 2.63. The van der Waals surface area contributed by atoms with Crippen molar-refractivity contribution in [3.63, 3.8) is 0 Å². The summed E-state index contributed by atoms with van der Waals surface area (Å²) in [7, 11) is 0. The fraction of sp³-hybridized carbons (Fsp3) is 0.417. The fourth-order valence-corrected chi connectivity index (χ4v) is 2.09. The molecule has 0 saturated carbocycles. The van der Waals surface area contributed by atoms with E-state index in [9.17, 15) is 9.59 Å². The van der Waals surface area contributed by atoms with Gasteiger partial charge in [-0.2, -0.15) is 0 Å². The van der Waals surface area contributed by atoms with Crippen molar-refractivity contribution in [2.75, 3.05) is 6.54 Å². The average molecular weight is 234 g/mol. The Morgan fingerprint density at radius 3 is 2.88 bits per heavy atom. The first-order chi connectivity index (χ1) is 8.20. The number of aromatic nitrogens is 1. The van der Waals surface area contributed by atoms with Crippen molar-refractivity contribution in [3.8, 4) is 0 Å². The minimum atomic E-state index is -0.929. The summed E-state index contributed by atoms with van der Waals surface area (Å²) in [5, 5.41) is 9.09. The quantitative estimate of drug-likeness (QED) is 0.833. The molecule has 0 aromatic carbocycles. The highest BCUT2D eigenvalue weighted by atomic mass is 16.4. The summed E-state index contributed by atoms with van der Waals surface area (Å²) in [5.74, 6) is -1.17. The highest BCUT2D eigenvalue weighted by Crippen LogP contribution is 2.19. The Balaban J connectivity index is 2.20. The topological polar surface area (TPSA) is 70.5 Å². The van der Waals surface area contributed by atoms with Crippen LogP contribution in [0.4, 0.5) is 0 Å². The van der Waals surface area contributed by atoms with Crippen molar-refractivity contribution in [2.45, 2.75) is 25.3 Å². The lowest BCUT2D eigenvalue weighted by Gasteiger charge is -2.32. The molecule has 1 atom stereocenters. The van der Waals surface area contributed by atoms with Crippen molar-refractivity contribution < 1.29 is 14.7 Å². The number of carboxylic acid groups (broad SMARTS) is 1. The molecule has 0 radical (unpaired) electrons. The van der Waals surface area contributed by atoms with Crippen LogP contribution in [-0.2, 0) is 4.79 Å². The first kappa shape index (κ1) is 11.6.